The van der Waals surface area contributed by atoms with Gasteiger partial charge < -0.3 is 9.47 Å². The van der Waals surface area contributed by atoms with Gasteiger partial charge in [0.05, 0.1) is 14.2 Å². The number of carbonyl (C=O) groups excluding carboxylic acids is 1. The molecule has 0 amide bonds. The van der Waals surface area contributed by atoms with Gasteiger partial charge in [-0.05, 0) is 36.1 Å². The molecule has 1 unspecified atom stereocenters. The highest BCUT2D eigenvalue weighted by molar-refractivity contribution is 7.89. The lowest BCUT2D eigenvalue weighted by Gasteiger charge is -2.15. The van der Waals surface area contributed by atoms with Gasteiger partial charge in [-0.15, -0.1) is 11.3 Å². The minimum atomic E-state index is -3.85. The maximum Gasteiger partial charge on any atom is 0.349 e. The first kappa shape index (κ1) is 17.5. The molecule has 0 aliphatic carbocycles. The number of hydrogen-bond donors (Lipinski definition) is 1. The summed E-state index contributed by atoms with van der Waals surface area (Å²) in [5, 5.41) is 1.54. The number of nitrogens with one attached hydrogen (secondary N) is 1. The summed E-state index contributed by atoms with van der Waals surface area (Å²) in [6, 6.07) is 8.01. The lowest BCUT2D eigenvalue weighted by molar-refractivity contribution is 0.0602. The fourth-order valence-corrected chi connectivity index (χ4v) is 4.59. The summed E-state index contributed by atoms with van der Waals surface area (Å²) in [5.41, 5.74) is 0.753. The van der Waals surface area contributed by atoms with Gasteiger partial charge in [0.2, 0.25) is 10.0 Å². The van der Waals surface area contributed by atoms with Crippen molar-refractivity contribution in [2.75, 3.05) is 14.2 Å². The second kappa shape index (κ2) is 7.12. The van der Waals surface area contributed by atoms with Crippen molar-refractivity contribution in [3.63, 3.8) is 0 Å². The van der Waals surface area contributed by atoms with E-state index in [0.29, 0.717) is 5.75 Å². The molecule has 0 bridgehead atoms. The van der Waals surface area contributed by atoms with Crippen LogP contribution in [0.3, 0.4) is 0 Å². The maximum absolute atomic E-state index is 12.5. The summed E-state index contributed by atoms with van der Waals surface area (Å²) in [5.74, 6) is -0.0336. The zero-order chi connectivity index (χ0) is 17.0. The Bertz CT molecular complexity index is 798. The normalized spacial score (nSPS) is 12.7. The van der Waals surface area contributed by atoms with Gasteiger partial charge in [0.1, 0.15) is 15.5 Å². The molecule has 1 aromatic carbocycles. The lowest BCUT2D eigenvalue weighted by Crippen LogP contribution is -2.27. The van der Waals surface area contributed by atoms with Crippen LogP contribution in [-0.4, -0.2) is 28.6 Å². The molecular weight excluding hydrogens is 338 g/mol. The van der Waals surface area contributed by atoms with Crippen molar-refractivity contribution in [1.29, 1.82) is 0 Å². The van der Waals surface area contributed by atoms with Crippen molar-refractivity contribution in [1.82, 2.24) is 4.72 Å². The Labute approximate surface area is 139 Å². The topological polar surface area (TPSA) is 81.7 Å². The van der Waals surface area contributed by atoms with Gasteiger partial charge in [0.15, 0.2) is 0 Å². The quantitative estimate of drug-likeness (QED) is 0.806. The van der Waals surface area contributed by atoms with Gasteiger partial charge in [0.25, 0.3) is 0 Å². The zero-order valence-corrected chi connectivity index (χ0v) is 14.5. The van der Waals surface area contributed by atoms with Gasteiger partial charge in [-0.25, -0.2) is 17.9 Å². The van der Waals surface area contributed by atoms with Crippen LogP contribution in [-0.2, 0) is 14.8 Å². The van der Waals surface area contributed by atoms with Crippen molar-refractivity contribution >= 4 is 27.3 Å². The van der Waals surface area contributed by atoms with Gasteiger partial charge >= 0.3 is 5.97 Å². The number of hydrogen-bond acceptors (Lipinski definition) is 6. The molecular formula is C15H17NO5S2. The molecule has 0 aliphatic heterocycles. The van der Waals surface area contributed by atoms with E-state index in [9.17, 15) is 13.2 Å². The molecule has 2 aromatic rings. The van der Waals surface area contributed by atoms with Gasteiger partial charge in [-0.1, -0.05) is 12.1 Å². The molecule has 2 rings (SSSR count). The molecule has 0 saturated carbocycles. The van der Waals surface area contributed by atoms with Crippen LogP contribution in [0, 0.1) is 0 Å². The van der Waals surface area contributed by atoms with E-state index < -0.39 is 22.0 Å². The van der Waals surface area contributed by atoms with Crippen molar-refractivity contribution in [2.24, 2.45) is 0 Å². The van der Waals surface area contributed by atoms with Crippen LogP contribution in [0.5, 0.6) is 5.75 Å². The average Bonchev–Trinajstić information content (AvgIpc) is 3.04. The van der Waals surface area contributed by atoms with Gasteiger partial charge in [0, 0.05) is 6.04 Å². The lowest BCUT2D eigenvalue weighted by atomic mass is 10.1. The van der Waals surface area contributed by atoms with E-state index in [0.717, 1.165) is 16.9 Å². The van der Waals surface area contributed by atoms with Crippen LogP contribution in [0.4, 0.5) is 0 Å². The Kier molecular flexibility index (Phi) is 5.40. The van der Waals surface area contributed by atoms with Crippen LogP contribution in [0.25, 0.3) is 0 Å². The van der Waals surface area contributed by atoms with E-state index in [1.165, 1.54) is 18.6 Å². The second-order valence-electron chi connectivity index (χ2n) is 4.73. The van der Waals surface area contributed by atoms with Crippen molar-refractivity contribution in [3.05, 3.63) is 46.2 Å². The summed E-state index contributed by atoms with van der Waals surface area (Å²) >= 11 is 1.02. The first-order chi connectivity index (χ1) is 10.9. The molecule has 1 atom stereocenters. The molecule has 8 heteroatoms. The van der Waals surface area contributed by atoms with Crippen LogP contribution in [0.2, 0.25) is 0 Å². The van der Waals surface area contributed by atoms with E-state index in [1.54, 1.807) is 38.3 Å². The third-order valence-electron chi connectivity index (χ3n) is 3.22. The molecule has 23 heavy (non-hydrogen) atoms. The molecule has 124 valence electrons. The third-order valence-corrected chi connectivity index (χ3v) is 5.82. The molecule has 0 radical (unpaired) electrons. The number of rotatable bonds is 6. The molecule has 0 spiro atoms. The minimum Gasteiger partial charge on any atom is -0.497 e. The monoisotopic (exact) mass is 355 g/mol. The summed E-state index contributed by atoms with van der Waals surface area (Å²) < 4.78 is 37.4. The first-order valence-electron chi connectivity index (χ1n) is 6.71. The molecule has 0 fully saturated rings. The first-order valence-corrected chi connectivity index (χ1v) is 9.07. The highest BCUT2D eigenvalue weighted by atomic mass is 32.2. The average molecular weight is 355 g/mol. The number of thiophene rings is 1. The number of benzene rings is 1. The number of carbonyl (C=O) groups is 1. The zero-order valence-electron chi connectivity index (χ0n) is 12.9. The third kappa shape index (κ3) is 3.90. The van der Waals surface area contributed by atoms with E-state index in [4.69, 9.17) is 4.74 Å². The summed E-state index contributed by atoms with van der Waals surface area (Å²) in [4.78, 5) is 11.6. The predicted octanol–water partition coefficient (Wildman–Crippen LogP) is 2.58. The van der Waals surface area contributed by atoms with Crippen LogP contribution >= 0.6 is 11.3 Å². The maximum atomic E-state index is 12.5. The molecule has 1 heterocycles. The number of sulfonamides is 1. The highest BCUT2D eigenvalue weighted by Crippen LogP contribution is 2.25. The van der Waals surface area contributed by atoms with Crippen LogP contribution in [0.15, 0.2) is 40.6 Å². The fourth-order valence-electron chi connectivity index (χ4n) is 2.03. The second-order valence-corrected chi connectivity index (χ2v) is 7.32. The van der Waals surface area contributed by atoms with Crippen molar-refractivity contribution < 1.29 is 22.7 Å². The molecule has 1 N–H and O–H groups in total. The minimum absolute atomic E-state index is 0.0536. The van der Waals surface area contributed by atoms with Crippen molar-refractivity contribution in [2.45, 2.75) is 17.9 Å². The van der Waals surface area contributed by atoms with Crippen molar-refractivity contribution in [3.8, 4) is 5.75 Å². The van der Waals surface area contributed by atoms with Gasteiger partial charge in [-0.2, -0.15) is 0 Å². The van der Waals surface area contributed by atoms with E-state index in [2.05, 4.69) is 9.46 Å². The highest BCUT2D eigenvalue weighted by Gasteiger charge is 2.26. The number of ether oxygens (including phenoxy) is 2. The summed E-state index contributed by atoms with van der Waals surface area (Å²) in [6.45, 7) is 1.72. The smallest absolute Gasteiger partial charge is 0.349 e. The molecule has 0 saturated heterocycles. The van der Waals surface area contributed by atoms with E-state index in [-0.39, 0.29) is 9.77 Å². The number of esters is 1. The van der Waals surface area contributed by atoms with E-state index >= 15 is 0 Å². The molecule has 0 aliphatic rings. The largest absolute Gasteiger partial charge is 0.497 e. The summed E-state index contributed by atoms with van der Waals surface area (Å²) in [7, 11) is -1.09. The Morgan fingerprint density at radius 3 is 2.65 bits per heavy atom. The van der Waals surface area contributed by atoms with Gasteiger partial charge in [-0.3, -0.25) is 0 Å². The van der Waals surface area contributed by atoms with Crippen LogP contribution in [0.1, 0.15) is 28.2 Å². The molecule has 6 nitrogen and oxygen atoms in total. The Balaban J connectivity index is 2.27. The summed E-state index contributed by atoms with van der Waals surface area (Å²) in [6.07, 6.45) is 0. The van der Waals surface area contributed by atoms with E-state index in [1.807, 2.05) is 0 Å². The Morgan fingerprint density at radius 1 is 1.26 bits per heavy atom. The Hall–Kier alpha value is -1.90. The predicted molar refractivity (Wildman–Crippen MR) is 87.4 cm³/mol. The fraction of sp³-hybridized carbons (Fsp3) is 0.267. The van der Waals surface area contributed by atoms with Crippen LogP contribution < -0.4 is 9.46 Å². The number of methoxy groups -OCH3 is 2. The molecule has 1 aromatic heterocycles. The standard InChI is InChI=1S/C15H17NO5S2/c1-10(11-5-4-6-12(9-11)20-2)16-23(18,19)13-7-8-22-14(13)15(17)21-3/h4-10,16H,1-3H3. The Morgan fingerprint density at radius 2 is 2.00 bits per heavy atom. The SMILES string of the molecule is COC(=O)c1sccc1S(=O)(=O)NC(C)c1cccc(OC)c1.